The van der Waals surface area contributed by atoms with Gasteiger partial charge in [-0.1, -0.05) is 44.2 Å². The smallest absolute Gasteiger partial charge is 0.326 e. The van der Waals surface area contributed by atoms with Crippen LogP contribution in [0.2, 0.25) is 0 Å². The molecule has 0 saturated carbocycles. The molecule has 0 spiro atoms. The minimum absolute atomic E-state index is 0.0938. The monoisotopic (exact) mass is 364 g/mol. The van der Waals surface area contributed by atoms with Crippen LogP contribution in [0.3, 0.4) is 0 Å². The summed E-state index contributed by atoms with van der Waals surface area (Å²) in [7, 11) is 1.53. The van der Waals surface area contributed by atoms with E-state index < -0.39 is 36.0 Å². The van der Waals surface area contributed by atoms with Crippen molar-refractivity contribution in [1.29, 1.82) is 0 Å². The van der Waals surface area contributed by atoms with Crippen LogP contribution in [0.15, 0.2) is 30.3 Å². The molecule has 0 aliphatic carbocycles. The number of nitrogens with two attached hydrogens (primary N) is 1. The Hall–Kier alpha value is -2.45. The van der Waals surface area contributed by atoms with Crippen molar-refractivity contribution in [1.82, 2.24) is 16.0 Å². The summed E-state index contributed by atoms with van der Waals surface area (Å²) in [6, 6.07) is 7.19. The summed E-state index contributed by atoms with van der Waals surface area (Å²) < 4.78 is 0. The fourth-order valence-electron chi connectivity index (χ4n) is 2.42. The van der Waals surface area contributed by atoms with Gasteiger partial charge in [-0.2, -0.15) is 0 Å². The molecule has 0 bridgehead atoms. The lowest BCUT2D eigenvalue weighted by molar-refractivity contribution is -0.142. The number of benzene rings is 1. The summed E-state index contributed by atoms with van der Waals surface area (Å²) in [4.78, 5) is 36.1. The zero-order valence-electron chi connectivity index (χ0n) is 15.4. The first-order chi connectivity index (χ1) is 12.2. The second-order valence-electron chi connectivity index (χ2n) is 6.55. The van der Waals surface area contributed by atoms with Crippen LogP contribution >= 0.6 is 0 Å². The number of amides is 2. The molecule has 1 rings (SSSR count). The van der Waals surface area contributed by atoms with Gasteiger partial charge in [0.25, 0.3) is 5.91 Å². The predicted octanol–water partition coefficient (Wildman–Crippen LogP) is -0.166. The summed E-state index contributed by atoms with van der Waals surface area (Å²) in [5.74, 6) is -2.11. The SMILES string of the molecule is CNC(N)C(=O)N[C@@H](Cc1ccccc1)C(=O)N[C@@H](CC(C)C)C(=O)O. The van der Waals surface area contributed by atoms with Gasteiger partial charge in [-0.15, -0.1) is 0 Å². The number of nitrogens with one attached hydrogen (secondary N) is 3. The maximum atomic E-state index is 12.6. The van der Waals surface area contributed by atoms with E-state index in [-0.39, 0.29) is 12.3 Å². The minimum atomic E-state index is -1.11. The van der Waals surface area contributed by atoms with Crippen LogP contribution in [-0.4, -0.2) is 48.2 Å². The molecule has 0 heterocycles. The molecule has 0 saturated heterocycles. The van der Waals surface area contributed by atoms with Crippen molar-refractivity contribution in [3.63, 3.8) is 0 Å². The first-order valence-electron chi connectivity index (χ1n) is 8.55. The lowest BCUT2D eigenvalue weighted by Gasteiger charge is -2.23. The molecule has 6 N–H and O–H groups in total. The Bertz CT molecular complexity index is 606. The van der Waals surface area contributed by atoms with E-state index in [0.717, 1.165) is 5.56 Å². The van der Waals surface area contributed by atoms with Crippen LogP contribution in [0.1, 0.15) is 25.8 Å². The molecular weight excluding hydrogens is 336 g/mol. The van der Waals surface area contributed by atoms with Gasteiger partial charge in [0.15, 0.2) is 0 Å². The molecule has 1 unspecified atom stereocenters. The Morgan fingerprint density at radius 2 is 1.62 bits per heavy atom. The molecule has 0 aliphatic heterocycles. The van der Waals surface area contributed by atoms with Crippen LogP contribution in [0.5, 0.6) is 0 Å². The van der Waals surface area contributed by atoms with Crippen molar-refractivity contribution in [2.24, 2.45) is 11.7 Å². The van der Waals surface area contributed by atoms with E-state index >= 15 is 0 Å². The number of carboxylic acids is 1. The minimum Gasteiger partial charge on any atom is -0.480 e. The quantitative estimate of drug-likeness (QED) is 0.366. The zero-order chi connectivity index (χ0) is 19.7. The van der Waals surface area contributed by atoms with E-state index in [1.807, 2.05) is 44.2 Å². The molecule has 1 aromatic rings. The van der Waals surface area contributed by atoms with Gasteiger partial charge in [-0.25, -0.2) is 4.79 Å². The molecule has 8 nitrogen and oxygen atoms in total. The van der Waals surface area contributed by atoms with E-state index in [9.17, 15) is 19.5 Å². The van der Waals surface area contributed by atoms with Crippen molar-refractivity contribution < 1.29 is 19.5 Å². The summed E-state index contributed by atoms with van der Waals surface area (Å²) in [5.41, 5.74) is 6.46. The highest BCUT2D eigenvalue weighted by molar-refractivity contribution is 5.91. The lowest BCUT2D eigenvalue weighted by Crippen LogP contribution is -2.57. The first kappa shape index (κ1) is 21.6. The highest BCUT2D eigenvalue weighted by atomic mass is 16.4. The molecule has 0 fully saturated rings. The molecule has 144 valence electrons. The number of rotatable bonds is 10. The number of hydrogen-bond donors (Lipinski definition) is 5. The molecule has 0 radical (unpaired) electrons. The molecule has 3 atom stereocenters. The molecular formula is C18H28N4O4. The third-order valence-corrected chi connectivity index (χ3v) is 3.83. The largest absolute Gasteiger partial charge is 0.480 e. The number of carbonyl (C=O) groups is 3. The van der Waals surface area contributed by atoms with Crippen molar-refractivity contribution in [3.05, 3.63) is 35.9 Å². The van der Waals surface area contributed by atoms with Crippen LogP contribution in [-0.2, 0) is 20.8 Å². The number of likely N-dealkylation sites (N-methyl/N-ethyl adjacent to an activating group) is 1. The summed E-state index contributed by atoms with van der Waals surface area (Å²) >= 11 is 0. The summed E-state index contributed by atoms with van der Waals surface area (Å²) in [6.07, 6.45) is -0.446. The fraction of sp³-hybridized carbons (Fsp3) is 0.500. The number of carbonyl (C=O) groups excluding carboxylic acids is 2. The highest BCUT2D eigenvalue weighted by Crippen LogP contribution is 2.08. The van der Waals surface area contributed by atoms with Gasteiger partial charge in [0.2, 0.25) is 5.91 Å². The predicted molar refractivity (Wildman–Crippen MR) is 98.1 cm³/mol. The van der Waals surface area contributed by atoms with E-state index in [1.54, 1.807) is 0 Å². The Morgan fingerprint density at radius 3 is 2.12 bits per heavy atom. The van der Waals surface area contributed by atoms with E-state index in [4.69, 9.17) is 5.73 Å². The Balaban J connectivity index is 2.92. The zero-order valence-corrected chi connectivity index (χ0v) is 15.4. The summed E-state index contributed by atoms with van der Waals surface area (Å²) in [6.45, 7) is 3.74. The van der Waals surface area contributed by atoms with Gasteiger partial charge in [0.05, 0.1) is 0 Å². The van der Waals surface area contributed by atoms with Crippen molar-refractivity contribution in [2.75, 3.05) is 7.05 Å². The normalized spacial score (nSPS) is 14.3. The average Bonchev–Trinajstić information content (AvgIpc) is 2.60. The van der Waals surface area contributed by atoms with E-state index in [1.165, 1.54) is 7.05 Å². The Labute approximate surface area is 153 Å². The standard InChI is InChI=1S/C18H28N4O4/c1-11(2)9-14(18(25)26)22-16(23)13(21-17(24)15(19)20-3)10-12-7-5-4-6-8-12/h4-8,11,13-15,20H,9-10,19H2,1-3H3,(H,21,24)(H,22,23)(H,25,26)/t13-,14-,15?/m0/s1. The molecule has 1 aromatic carbocycles. The number of hydrogen-bond acceptors (Lipinski definition) is 5. The molecule has 0 aromatic heterocycles. The van der Waals surface area contributed by atoms with Crippen molar-refractivity contribution in [2.45, 2.75) is 44.9 Å². The third-order valence-electron chi connectivity index (χ3n) is 3.83. The second kappa shape index (κ2) is 10.5. The van der Waals surface area contributed by atoms with Gasteiger partial charge < -0.3 is 21.5 Å². The third kappa shape index (κ3) is 7.20. The molecule has 8 heteroatoms. The maximum absolute atomic E-state index is 12.6. The van der Waals surface area contributed by atoms with Crippen LogP contribution < -0.4 is 21.7 Å². The van der Waals surface area contributed by atoms with Crippen LogP contribution in [0.25, 0.3) is 0 Å². The lowest BCUT2D eigenvalue weighted by atomic mass is 10.0. The number of carboxylic acid groups (broad SMARTS) is 1. The fourth-order valence-corrected chi connectivity index (χ4v) is 2.42. The van der Waals surface area contributed by atoms with Gasteiger partial charge in [0, 0.05) is 6.42 Å². The van der Waals surface area contributed by atoms with E-state index in [2.05, 4.69) is 16.0 Å². The topological polar surface area (TPSA) is 134 Å². The molecule has 0 aliphatic rings. The molecule has 2 amide bonds. The molecule has 26 heavy (non-hydrogen) atoms. The van der Waals surface area contributed by atoms with E-state index in [0.29, 0.717) is 6.42 Å². The number of aliphatic carboxylic acids is 1. The Morgan fingerprint density at radius 1 is 1.04 bits per heavy atom. The first-order valence-corrected chi connectivity index (χ1v) is 8.55. The maximum Gasteiger partial charge on any atom is 0.326 e. The van der Waals surface area contributed by atoms with Gasteiger partial charge >= 0.3 is 5.97 Å². The van der Waals surface area contributed by atoms with Crippen molar-refractivity contribution >= 4 is 17.8 Å². The van der Waals surface area contributed by atoms with Gasteiger partial charge in [0.1, 0.15) is 18.2 Å². The average molecular weight is 364 g/mol. The second-order valence-corrected chi connectivity index (χ2v) is 6.55. The van der Waals surface area contributed by atoms with Gasteiger partial charge in [-0.05, 0) is 24.9 Å². The van der Waals surface area contributed by atoms with Crippen LogP contribution in [0, 0.1) is 5.92 Å². The summed E-state index contributed by atoms with van der Waals surface area (Å²) in [5, 5.41) is 17.0. The van der Waals surface area contributed by atoms with Crippen LogP contribution in [0.4, 0.5) is 0 Å². The van der Waals surface area contributed by atoms with Crippen molar-refractivity contribution in [3.8, 4) is 0 Å². The highest BCUT2D eigenvalue weighted by Gasteiger charge is 2.28. The van der Waals surface area contributed by atoms with Gasteiger partial charge in [-0.3, -0.25) is 14.9 Å². The Kier molecular flexibility index (Phi) is 8.74.